The van der Waals surface area contributed by atoms with Crippen LogP contribution in [0.3, 0.4) is 0 Å². The predicted octanol–water partition coefficient (Wildman–Crippen LogP) is 2.43. The van der Waals surface area contributed by atoms with Gasteiger partial charge in [0.05, 0.1) is 6.04 Å². The maximum Gasteiger partial charge on any atom is 0.244 e. The van der Waals surface area contributed by atoms with Crippen LogP contribution in [0.2, 0.25) is 0 Å². The number of aromatic nitrogens is 4. The number of rotatable bonds is 2. The van der Waals surface area contributed by atoms with E-state index in [2.05, 4.69) is 25.4 Å². The second kappa shape index (κ2) is 5.18. The lowest BCUT2D eigenvalue weighted by Crippen LogP contribution is -2.30. The first-order chi connectivity index (χ1) is 10.3. The number of hydrogen-bond acceptors (Lipinski definition) is 6. The fourth-order valence-corrected chi connectivity index (χ4v) is 3.57. The summed E-state index contributed by atoms with van der Waals surface area (Å²) < 4.78 is 5.46. The van der Waals surface area contributed by atoms with Crippen LogP contribution in [0.15, 0.2) is 16.8 Å². The lowest BCUT2D eigenvalue weighted by atomic mass is 9.85. The van der Waals surface area contributed by atoms with Gasteiger partial charge in [0.2, 0.25) is 11.7 Å². The van der Waals surface area contributed by atoms with Crippen molar-refractivity contribution in [1.82, 2.24) is 25.4 Å². The van der Waals surface area contributed by atoms with Crippen LogP contribution in [0.4, 0.5) is 0 Å². The van der Waals surface area contributed by atoms with Crippen molar-refractivity contribution in [2.45, 2.75) is 51.1 Å². The van der Waals surface area contributed by atoms with E-state index >= 15 is 0 Å². The molecule has 1 saturated heterocycles. The summed E-state index contributed by atoms with van der Waals surface area (Å²) in [5, 5.41) is 7.73. The van der Waals surface area contributed by atoms with Crippen LogP contribution in [0.5, 0.6) is 0 Å². The Morgan fingerprint density at radius 3 is 3.00 bits per heavy atom. The molecule has 1 N–H and O–H groups in total. The molecule has 2 aromatic heterocycles. The van der Waals surface area contributed by atoms with Crippen molar-refractivity contribution >= 4 is 0 Å². The number of nitrogens with one attached hydrogen (secondary N) is 1. The molecule has 6 nitrogen and oxygen atoms in total. The lowest BCUT2D eigenvalue weighted by molar-refractivity contribution is 0.324. The summed E-state index contributed by atoms with van der Waals surface area (Å²) in [7, 11) is 0. The highest BCUT2D eigenvalue weighted by molar-refractivity contribution is 5.47. The second-order valence-corrected chi connectivity index (χ2v) is 6.05. The molecule has 0 aromatic carbocycles. The Morgan fingerprint density at radius 1 is 1.24 bits per heavy atom. The van der Waals surface area contributed by atoms with Crippen LogP contribution >= 0.6 is 0 Å². The van der Waals surface area contributed by atoms with Gasteiger partial charge in [-0.05, 0) is 38.2 Å². The van der Waals surface area contributed by atoms with E-state index in [0.29, 0.717) is 29.3 Å². The quantitative estimate of drug-likeness (QED) is 0.913. The second-order valence-electron chi connectivity index (χ2n) is 6.05. The summed E-state index contributed by atoms with van der Waals surface area (Å²) in [6, 6.07) is 2.63. The average molecular weight is 285 g/mol. The topological polar surface area (TPSA) is 76.7 Å². The van der Waals surface area contributed by atoms with Crippen molar-refractivity contribution in [1.29, 1.82) is 0 Å². The number of aryl methyl sites for hydroxylation is 1. The van der Waals surface area contributed by atoms with E-state index < -0.39 is 0 Å². The zero-order valence-electron chi connectivity index (χ0n) is 12.1. The molecular weight excluding hydrogens is 266 g/mol. The third kappa shape index (κ3) is 2.44. The van der Waals surface area contributed by atoms with E-state index in [-0.39, 0.29) is 6.04 Å². The molecule has 0 spiro atoms. The molecule has 1 aliphatic heterocycles. The molecule has 3 atom stereocenters. The molecule has 1 aliphatic carbocycles. The standard InChI is InChI=1S/C15H19N5O/c1-9-16-7-6-12(17-9)14-19-15(21-20-14)13-8-10-4-2-3-5-11(10)18-13/h6-7,10-11,13,18H,2-5,8H2,1H3. The average Bonchev–Trinajstić information content (AvgIpc) is 3.14. The molecule has 3 unspecified atom stereocenters. The SMILES string of the molecule is Cc1nccc(-c2noc(C3CC4CCCCC4N3)n2)n1. The summed E-state index contributed by atoms with van der Waals surface area (Å²) in [5.74, 6) is 2.71. The maximum absolute atomic E-state index is 5.46. The van der Waals surface area contributed by atoms with Gasteiger partial charge < -0.3 is 9.84 Å². The Morgan fingerprint density at radius 2 is 2.14 bits per heavy atom. The molecule has 1 saturated carbocycles. The highest BCUT2D eigenvalue weighted by Crippen LogP contribution is 2.38. The fraction of sp³-hybridized carbons (Fsp3) is 0.600. The van der Waals surface area contributed by atoms with Crippen molar-refractivity contribution in [2.75, 3.05) is 0 Å². The van der Waals surface area contributed by atoms with Gasteiger partial charge in [-0.2, -0.15) is 4.98 Å². The Balaban J connectivity index is 1.55. The molecule has 4 rings (SSSR count). The summed E-state index contributed by atoms with van der Waals surface area (Å²) in [6.45, 7) is 1.85. The molecule has 0 bridgehead atoms. The highest BCUT2D eigenvalue weighted by Gasteiger charge is 2.38. The largest absolute Gasteiger partial charge is 0.337 e. The Kier molecular flexibility index (Phi) is 3.18. The molecule has 3 heterocycles. The smallest absolute Gasteiger partial charge is 0.244 e. The van der Waals surface area contributed by atoms with E-state index in [0.717, 1.165) is 12.3 Å². The molecule has 2 aliphatic rings. The summed E-state index contributed by atoms with van der Waals surface area (Å²) >= 11 is 0. The molecule has 2 aromatic rings. The summed E-state index contributed by atoms with van der Waals surface area (Å²) in [5.41, 5.74) is 0.716. The minimum atomic E-state index is 0.197. The van der Waals surface area contributed by atoms with Crippen molar-refractivity contribution in [3.05, 3.63) is 24.0 Å². The van der Waals surface area contributed by atoms with Gasteiger partial charge in [0, 0.05) is 12.2 Å². The molecule has 21 heavy (non-hydrogen) atoms. The molecular formula is C15H19N5O. The molecule has 110 valence electrons. The Bertz CT molecular complexity index is 626. The van der Waals surface area contributed by atoms with E-state index in [4.69, 9.17) is 4.52 Å². The molecule has 6 heteroatoms. The maximum atomic E-state index is 5.46. The highest BCUT2D eigenvalue weighted by atomic mass is 16.5. The van der Waals surface area contributed by atoms with E-state index in [1.807, 2.05) is 13.0 Å². The van der Waals surface area contributed by atoms with Crippen LogP contribution in [0.25, 0.3) is 11.5 Å². The van der Waals surface area contributed by atoms with Gasteiger partial charge in [-0.25, -0.2) is 9.97 Å². The van der Waals surface area contributed by atoms with Crippen LogP contribution in [-0.4, -0.2) is 26.2 Å². The van der Waals surface area contributed by atoms with Crippen molar-refractivity contribution in [2.24, 2.45) is 5.92 Å². The third-order valence-corrected chi connectivity index (χ3v) is 4.61. The Labute approximate surface area is 123 Å². The predicted molar refractivity (Wildman–Crippen MR) is 76.3 cm³/mol. The summed E-state index contributed by atoms with van der Waals surface area (Å²) in [6.07, 6.45) is 8.10. The van der Waals surface area contributed by atoms with E-state index in [1.165, 1.54) is 25.7 Å². The Hall–Kier alpha value is -1.82. The fourth-order valence-electron chi connectivity index (χ4n) is 3.57. The summed E-state index contributed by atoms with van der Waals surface area (Å²) in [4.78, 5) is 13.0. The first kappa shape index (κ1) is 12.9. The van der Waals surface area contributed by atoms with E-state index in [9.17, 15) is 0 Å². The third-order valence-electron chi connectivity index (χ3n) is 4.61. The zero-order chi connectivity index (χ0) is 14.2. The van der Waals surface area contributed by atoms with Crippen molar-refractivity contribution < 1.29 is 4.52 Å². The van der Waals surface area contributed by atoms with Crippen LogP contribution in [0, 0.1) is 12.8 Å². The first-order valence-corrected chi connectivity index (χ1v) is 7.69. The van der Waals surface area contributed by atoms with Crippen molar-refractivity contribution in [3.63, 3.8) is 0 Å². The molecule has 0 amide bonds. The van der Waals surface area contributed by atoms with Gasteiger partial charge in [-0.1, -0.05) is 18.0 Å². The van der Waals surface area contributed by atoms with Gasteiger partial charge in [-0.15, -0.1) is 0 Å². The van der Waals surface area contributed by atoms with Crippen LogP contribution < -0.4 is 5.32 Å². The minimum absolute atomic E-state index is 0.197. The van der Waals surface area contributed by atoms with Gasteiger partial charge >= 0.3 is 0 Å². The van der Waals surface area contributed by atoms with Gasteiger partial charge in [0.25, 0.3) is 0 Å². The normalized spacial score (nSPS) is 28.5. The first-order valence-electron chi connectivity index (χ1n) is 7.69. The number of fused-ring (bicyclic) bond motifs is 1. The van der Waals surface area contributed by atoms with Crippen molar-refractivity contribution in [3.8, 4) is 11.5 Å². The minimum Gasteiger partial charge on any atom is -0.337 e. The molecule has 0 radical (unpaired) electrons. The van der Waals surface area contributed by atoms with Gasteiger partial charge in [-0.3, -0.25) is 0 Å². The van der Waals surface area contributed by atoms with Crippen LogP contribution in [0.1, 0.15) is 49.9 Å². The number of hydrogen-bond donors (Lipinski definition) is 1. The number of nitrogens with zero attached hydrogens (tertiary/aromatic N) is 4. The van der Waals surface area contributed by atoms with E-state index in [1.54, 1.807) is 6.20 Å². The zero-order valence-corrected chi connectivity index (χ0v) is 12.1. The van der Waals surface area contributed by atoms with Gasteiger partial charge in [0.1, 0.15) is 11.5 Å². The lowest BCUT2D eigenvalue weighted by Gasteiger charge is -2.24. The molecule has 2 fully saturated rings. The monoisotopic (exact) mass is 285 g/mol. The van der Waals surface area contributed by atoms with Gasteiger partial charge in [0.15, 0.2) is 0 Å². The van der Waals surface area contributed by atoms with Crippen LogP contribution in [-0.2, 0) is 0 Å².